The van der Waals surface area contributed by atoms with Gasteiger partial charge in [-0.2, -0.15) is 0 Å². The van der Waals surface area contributed by atoms with Gasteiger partial charge in [0.15, 0.2) is 10.9 Å². The zero-order chi connectivity index (χ0) is 25.9. The largest absolute Gasteiger partial charge is 0.508 e. The predicted molar refractivity (Wildman–Crippen MR) is 141 cm³/mol. The van der Waals surface area contributed by atoms with E-state index in [0.29, 0.717) is 22.3 Å². The summed E-state index contributed by atoms with van der Waals surface area (Å²) in [5, 5.41) is 29.0. The second-order valence-electron chi connectivity index (χ2n) is 8.20. The first-order chi connectivity index (χ1) is 17.9. The van der Waals surface area contributed by atoms with Crippen molar-refractivity contribution >= 4 is 21.9 Å². The molecule has 2 aromatic heterocycles. The van der Waals surface area contributed by atoms with Gasteiger partial charge in [0.1, 0.15) is 45.3 Å². The summed E-state index contributed by atoms with van der Waals surface area (Å²) in [5.41, 5.74) is 1.81. The van der Waals surface area contributed by atoms with Gasteiger partial charge in [0.05, 0.1) is 5.39 Å². The van der Waals surface area contributed by atoms with Crippen LogP contribution in [0.5, 0.6) is 17.2 Å². The molecule has 0 aliphatic rings. The molecule has 0 spiro atoms. The van der Waals surface area contributed by atoms with Crippen molar-refractivity contribution in [2.24, 2.45) is 0 Å². The average molecular weight is 492 g/mol. The molecule has 0 atom stereocenters. The van der Waals surface area contributed by atoms with Gasteiger partial charge in [-0.25, -0.2) is 0 Å². The van der Waals surface area contributed by atoms with Gasteiger partial charge in [0, 0.05) is 35.4 Å². The summed E-state index contributed by atoms with van der Waals surface area (Å²) in [6.07, 6.45) is 0. The normalized spacial score (nSPS) is 10.7. The first kappa shape index (κ1) is 23.4. The fourth-order valence-corrected chi connectivity index (χ4v) is 3.87. The van der Waals surface area contributed by atoms with Crippen LogP contribution < -0.4 is 10.9 Å². The maximum Gasteiger partial charge on any atom is 0.197 e. The lowest BCUT2D eigenvalue weighted by Gasteiger charge is -2.05. The molecule has 37 heavy (non-hydrogen) atoms. The molecule has 182 valence electrons. The molecule has 7 nitrogen and oxygen atoms in total. The Kier molecular flexibility index (Phi) is 6.18. The molecule has 0 bridgehead atoms. The van der Waals surface area contributed by atoms with Crippen LogP contribution in [0.25, 0.3) is 44.6 Å². The van der Waals surface area contributed by atoms with Gasteiger partial charge in [0.25, 0.3) is 0 Å². The summed E-state index contributed by atoms with van der Waals surface area (Å²) in [5.74, 6) is 0.473. The minimum Gasteiger partial charge on any atom is -0.508 e. The molecular weight excluding hydrogens is 472 g/mol. The Labute approximate surface area is 209 Å². The number of fused-ring (bicyclic) bond motifs is 2. The molecule has 0 unspecified atom stereocenters. The van der Waals surface area contributed by atoms with E-state index >= 15 is 0 Å². The second-order valence-corrected chi connectivity index (χ2v) is 8.20. The lowest BCUT2D eigenvalue weighted by atomic mass is 10.1. The topological polar surface area (TPSA) is 121 Å². The van der Waals surface area contributed by atoms with E-state index in [1.807, 2.05) is 48.5 Å². The zero-order valence-electron chi connectivity index (χ0n) is 19.3. The van der Waals surface area contributed by atoms with E-state index in [9.17, 15) is 24.9 Å². The van der Waals surface area contributed by atoms with Crippen molar-refractivity contribution in [3.63, 3.8) is 0 Å². The van der Waals surface area contributed by atoms with Crippen LogP contribution in [0.2, 0.25) is 0 Å². The molecule has 0 saturated carbocycles. The van der Waals surface area contributed by atoms with Crippen molar-refractivity contribution in [1.82, 2.24) is 0 Å². The number of rotatable bonds is 2. The highest BCUT2D eigenvalue weighted by molar-refractivity contribution is 5.86. The summed E-state index contributed by atoms with van der Waals surface area (Å²) in [7, 11) is 0. The van der Waals surface area contributed by atoms with Crippen LogP contribution in [-0.4, -0.2) is 15.3 Å². The summed E-state index contributed by atoms with van der Waals surface area (Å²) < 4.78 is 11.3. The van der Waals surface area contributed by atoms with Gasteiger partial charge in [-0.15, -0.1) is 0 Å². The van der Waals surface area contributed by atoms with E-state index in [4.69, 9.17) is 8.83 Å². The third kappa shape index (κ3) is 4.92. The molecule has 0 amide bonds. The van der Waals surface area contributed by atoms with Crippen molar-refractivity contribution < 1.29 is 24.2 Å². The number of benzene rings is 4. The molecule has 3 N–H and O–H groups in total. The van der Waals surface area contributed by atoms with Gasteiger partial charge in [-0.1, -0.05) is 42.5 Å². The van der Waals surface area contributed by atoms with E-state index in [2.05, 4.69) is 0 Å². The van der Waals surface area contributed by atoms with E-state index in [1.165, 1.54) is 30.3 Å². The number of hydrogen-bond donors (Lipinski definition) is 3. The van der Waals surface area contributed by atoms with Crippen LogP contribution >= 0.6 is 0 Å². The molecule has 2 heterocycles. The highest BCUT2D eigenvalue weighted by atomic mass is 16.3. The van der Waals surface area contributed by atoms with Crippen molar-refractivity contribution in [1.29, 1.82) is 0 Å². The predicted octanol–water partition coefficient (Wildman–Crippen LogP) is 6.04. The van der Waals surface area contributed by atoms with Crippen LogP contribution in [-0.2, 0) is 0 Å². The second kappa shape index (κ2) is 9.75. The number of aromatic hydroxyl groups is 3. The molecule has 6 rings (SSSR count). The Balaban J connectivity index is 0.000000153. The summed E-state index contributed by atoms with van der Waals surface area (Å²) in [4.78, 5) is 23.9. The highest BCUT2D eigenvalue weighted by Gasteiger charge is 2.12. The molecule has 0 radical (unpaired) electrons. The zero-order valence-corrected chi connectivity index (χ0v) is 19.3. The Hall–Kier alpha value is -5.30. The first-order valence-electron chi connectivity index (χ1n) is 11.3. The summed E-state index contributed by atoms with van der Waals surface area (Å²) in [6, 6.07) is 28.2. The summed E-state index contributed by atoms with van der Waals surface area (Å²) >= 11 is 0. The number of phenols is 3. The van der Waals surface area contributed by atoms with E-state index in [1.54, 1.807) is 18.2 Å². The Morgan fingerprint density at radius 1 is 0.514 bits per heavy atom. The lowest BCUT2D eigenvalue weighted by molar-refractivity contribution is 0.452. The van der Waals surface area contributed by atoms with Gasteiger partial charge in [-0.05, 0) is 36.4 Å². The minimum absolute atomic E-state index is 0.00861. The van der Waals surface area contributed by atoms with Gasteiger partial charge in [0.2, 0.25) is 0 Å². The first-order valence-corrected chi connectivity index (χ1v) is 11.3. The Morgan fingerprint density at radius 3 is 1.84 bits per heavy atom. The van der Waals surface area contributed by atoms with Crippen LogP contribution in [0.4, 0.5) is 0 Å². The van der Waals surface area contributed by atoms with Crippen LogP contribution in [0, 0.1) is 0 Å². The molecule has 0 fully saturated rings. The molecule has 0 saturated heterocycles. The molecular formula is C30H20O7. The van der Waals surface area contributed by atoms with Gasteiger partial charge in [-0.3, -0.25) is 9.59 Å². The van der Waals surface area contributed by atoms with Crippen molar-refractivity contribution in [3.8, 4) is 39.9 Å². The standard InChI is InChI=1S/C15H10O5.C15H10O2/c16-9-3-1-8(2-4-9)13-7-12(19)15-11(18)5-10(17)6-14(15)20-13;16-13-10-15(11-6-2-1-3-7-11)17-14-9-5-4-8-12(13)14/h1-7,16-18H;1-10H. The van der Waals surface area contributed by atoms with Crippen LogP contribution in [0.3, 0.4) is 0 Å². The molecule has 0 aliphatic carbocycles. The molecule has 6 aromatic rings. The third-order valence-electron chi connectivity index (χ3n) is 5.64. The highest BCUT2D eigenvalue weighted by Crippen LogP contribution is 2.30. The van der Waals surface area contributed by atoms with E-state index in [0.717, 1.165) is 11.6 Å². The van der Waals surface area contributed by atoms with E-state index < -0.39 is 5.43 Å². The third-order valence-corrected chi connectivity index (χ3v) is 5.64. The minimum atomic E-state index is -0.410. The fourth-order valence-electron chi connectivity index (χ4n) is 3.87. The maximum absolute atomic E-state index is 12.0. The number of para-hydroxylation sites is 1. The quantitative estimate of drug-likeness (QED) is 0.270. The van der Waals surface area contributed by atoms with Crippen LogP contribution in [0.1, 0.15) is 0 Å². The van der Waals surface area contributed by atoms with Crippen LogP contribution in [0.15, 0.2) is 122 Å². The van der Waals surface area contributed by atoms with Gasteiger partial charge < -0.3 is 24.2 Å². The lowest BCUT2D eigenvalue weighted by Crippen LogP contribution is -2.00. The Morgan fingerprint density at radius 2 is 1.11 bits per heavy atom. The molecule has 7 heteroatoms. The molecule has 4 aromatic carbocycles. The van der Waals surface area contributed by atoms with Crippen molar-refractivity contribution in [2.75, 3.05) is 0 Å². The average Bonchev–Trinajstić information content (AvgIpc) is 2.89. The Bertz CT molecular complexity index is 1830. The van der Waals surface area contributed by atoms with E-state index in [-0.39, 0.29) is 39.4 Å². The fraction of sp³-hybridized carbons (Fsp3) is 0. The number of phenolic OH excluding ortho intramolecular Hbond substituents is 3. The van der Waals surface area contributed by atoms with Crippen molar-refractivity contribution in [2.45, 2.75) is 0 Å². The van der Waals surface area contributed by atoms with Gasteiger partial charge >= 0.3 is 0 Å². The SMILES string of the molecule is O=c1cc(-c2ccc(O)cc2)oc2cc(O)cc(O)c12.O=c1cc(-c2ccccc2)oc2ccccc12. The van der Waals surface area contributed by atoms with Crippen molar-refractivity contribution in [3.05, 3.63) is 124 Å². The molecule has 0 aliphatic heterocycles. The number of hydrogen-bond acceptors (Lipinski definition) is 7. The smallest absolute Gasteiger partial charge is 0.197 e. The maximum atomic E-state index is 12.0. The summed E-state index contributed by atoms with van der Waals surface area (Å²) in [6.45, 7) is 0. The monoisotopic (exact) mass is 492 g/mol.